The fourth-order valence-corrected chi connectivity index (χ4v) is 2.52. The van der Waals surface area contributed by atoms with Crippen LogP contribution in [0.5, 0.6) is 0 Å². The van der Waals surface area contributed by atoms with Crippen LogP contribution < -0.4 is 5.32 Å². The summed E-state index contributed by atoms with van der Waals surface area (Å²) in [5.41, 5.74) is 0.354. The third kappa shape index (κ3) is 3.87. The van der Waals surface area contributed by atoms with Crippen LogP contribution in [0.25, 0.3) is 0 Å². The number of nitrogens with one attached hydrogen (secondary N) is 1. The van der Waals surface area contributed by atoms with Crippen molar-refractivity contribution in [1.29, 1.82) is 0 Å². The monoisotopic (exact) mass is 314 g/mol. The minimum Gasteiger partial charge on any atom is -0.334 e. The zero-order valence-corrected chi connectivity index (χ0v) is 12.5. The summed E-state index contributed by atoms with van der Waals surface area (Å²) in [6.07, 6.45) is 4.09. The molecular formula is C14H16Cl2N2O2. The van der Waals surface area contributed by atoms with Crippen LogP contribution in [-0.2, 0) is 9.59 Å². The molecule has 1 heterocycles. The Morgan fingerprint density at radius 1 is 1.05 bits per heavy atom. The maximum atomic E-state index is 12.1. The summed E-state index contributed by atoms with van der Waals surface area (Å²) in [6, 6.07) is 4.73. The van der Waals surface area contributed by atoms with E-state index in [-0.39, 0.29) is 0 Å². The fraction of sp³-hybridized carbons (Fsp3) is 0.429. The lowest BCUT2D eigenvalue weighted by atomic mass is 10.2. The van der Waals surface area contributed by atoms with Gasteiger partial charge in [0.05, 0.1) is 10.7 Å². The Bertz CT molecular complexity index is 512. The van der Waals surface area contributed by atoms with Gasteiger partial charge in [-0.15, -0.1) is 0 Å². The third-order valence-electron chi connectivity index (χ3n) is 3.26. The topological polar surface area (TPSA) is 49.4 Å². The van der Waals surface area contributed by atoms with E-state index in [9.17, 15) is 9.59 Å². The van der Waals surface area contributed by atoms with Crippen molar-refractivity contribution in [3.8, 4) is 0 Å². The Labute approximate surface area is 128 Å². The average molecular weight is 315 g/mol. The molecule has 0 unspecified atom stereocenters. The van der Waals surface area contributed by atoms with E-state index in [0.29, 0.717) is 28.8 Å². The highest BCUT2D eigenvalue weighted by Crippen LogP contribution is 2.25. The largest absolute Gasteiger partial charge is 0.334 e. The maximum absolute atomic E-state index is 12.1. The molecule has 0 radical (unpaired) electrons. The highest BCUT2D eigenvalue weighted by atomic mass is 35.5. The third-order valence-corrected chi connectivity index (χ3v) is 3.83. The number of anilines is 1. The number of likely N-dealkylation sites (tertiary alicyclic amines) is 1. The van der Waals surface area contributed by atoms with Crippen LogP contribution in [0.4, 0.5) is 5.69 Å². The summed E-state index contributed by atoms with van der Waals surface area (Å²) in [5.74, 6) is -1.18. The first-order chi connectivity index (χ1) is 9.58. The number of carbonyl (C=O) groups is 2. The molecule has 2 rings (SSSR count). The van der Waals surface area contributed by atoms with Crippen LogP contribution in [0.15, 0.2) is 18.2 Å². The highest BCUT2D eigenvalue weighted by molar-refractivity contribution is 6.42. The molecule has 1 aromatic carbocycles. The van der Waals surface area contributed by atoms with Crippen LogP contribution in [0.3, 0.4) is 0 Å². The predicted octanol–water partition coefficient (Wildman–Crippen LogP) is 3.33. The summed E-state index contributed by atoms with van der Waals surface area (Å²) in [7, 11) is 0. The number of amides is 2. The van der Waals surface area contributed by atoms with Crippen molar-refractivity contribution in [1.82, 2.24) is 4.90 Å². The zero-order chi connectivity index (χ0) is 14.5. The first-order valence-electron chi connectivity index (χ1n) is 6.63. The predicted molar refractivity (Wildman–Crippen MR) is 80.1 cm³/mol. The van der Waals surface area contributed by atoms with Crippen molar-refractivity contribution in [2.75, 3.05) is 18.4 Å². The van der Waals surface area contributed by atoms with Crippen LogP contribution in [-0.4, -0.2) is 29.8 Å². The Balaban J connectivity index is 2.03. The highest BCUT2D eigenvalue weighted by Gasteiger charge is 2.23. The van der Waals surface area contributed by atoms with E-state index in [1.807, 2.05) is 0 Å². The van der Waals surface area contributed by atoms with Gasteiger partial charge in [-0.25, -0.2) is 0 Å². The minimum absolute atomic E-state index is 0.353. The Kier molecular flexibility index (Phi) is 5.26. The van der Waals surface area contributed by atoms with Crippen LogP contribution in [0.2, 0.25) is 10.0 Å². The molecule has 20 heavy (non-hydrogen) atoms. The van der Waals surface area contributed by atoms with Gasteiger partial charge in [0.1, 0.15) is 0 Å². The molecule has 4 nitrogen and oxygen atoms in total. The van der Waals surface area contributed by atoms with Crippen LogP contribution in [0, 0.1) is 0 Å². The van der Waals surface area contributed by atoms with Gasteiger partial charge in [0, 0.05) is 18.1 Å². The standard InChI is InChI=1S/C14H16Cl2N2O2/c15-10-5-6-11(16)12(9-10)17-13(19)14(20)18-7-3-1-2-4-8-18/h5-6,9H,1-4,7-8H2,(H,17,19). The molecule has 6 heteroatoms. The summed E-state index contributed by atoms with van der Waals surface area (Å²) < 4.78 is 0. The number of hydrogen-bond acceptors (Lipinski definition) is 2. The summed E-state index contributed by atoms with van der Waals surface area (Å²) in [6.45, 7) is 1.27. The lowest BCUT2D eigenvalue weighted by Crippen LogP contribution is -2.40. The summed E-state index contributed by atoms with van der Waals surface area (Å²) in [4.78, 5) is 25.7. The van der Waals surface area contributed by atoms with Gasteiger partial charge in [0.25, 0.3) is 0 Å². The number of rotatable bonds is 1. The van der Waals surface area contributed by atoms with Crippen molar-refractivity contribution in [2.45, 2.75) is 25.7 Å². The van der Waals surface area contributed by atoms with Gasteiger partial charge >= 0.3 is 11.8 Å². The first-order valence-corrected chi connectivity index (χ1v) is 7.39. The molecule has 1 saturated heterocycles. The normalized spacial score (nSPS) is 15.6. The molecule has 1 aliphatic heterocycles. The molecule has 0 saturated carbocycles. The van der Waals surface area contributed by atoms with Crippen LogP contribution in [0.1, 0.15) is 25.7 Å². The van der Waals surface area contributed by atoms with Gasteiger partial charge in [0.2, 0.25) is 0 Å². The molecule has 1 aromatic rings. The zero-order valence-electron chi connectivity index (χ0n) is 11.0. The van der Waals surface area contributed by atoms with Gasteiger partial charge in [0.15, 0.2) is 0 Å². The molecule has 0 spiro atoms. The Hall–Kier alpha value is -1.26. The van der Waals surface area contributed by atoms with Gasteiger partial charge in [-0.3, -0.25) is 9.59 Å². The van der Waals surface area contributed by atoms with Crippen molar-refractivity contribution < 1.29 is 9.59 Å². The molecule has 2 amide bonds. The molecule has 108 valence electrons. The van der Waals surface area contributed by atoms with Crippen molar-refractivity contribution in [3.05, 3.63) is 28.2 Å². The molecule has 0 aliphatic carbocycles. The van der Waals surface area contributed by atoms with E-state index < -0.39 is 11.8 Å². The van der Waals surface area contributed by atoms with E-state index in [4.69, 9.17) is 23.2 Å². The Morgan fingerprint density at radius 3 is 2.35 bits per heavy atom. The lowest BCUT2D eigenvalue weighted by Gasteiger charge is -2.19. The van der Waals surface area contributed by atoms with E-state index >= 15 is 0 Å². The second-order valence-electron chi connectivity index (χ2n) is 4.78. The fourth-order valence-electron chi connectivity index (χ4n) is 2.19. The van der Waals surface area contributed by atoms with E-state index in [1.54, 1.807) is 17.0 Å². The number of nitrogens with zero attached hydrogens (tertiary/aromatic N) is 1. The first kappa shape index (κ1) is 15.1. The van der Waals surface area contributed by atoms with Gasteiger partial charge in [-0.1, -0.05) is 36.0 Å². The number of carbonyl (C=O) groups excluding carboxylic acids is 2. The molecular weight excluding hydrogens is 299 g/mol. The molecule has 1 fully saturated rings. The lowest BCUT2D eigenvalue weighted by molar-refractivity contribution is -0.143. The SMILES string of the molecule is O=C(Nc1cc(Cl)ccc1Cl)C(=O)N1CCCCCC1. The van der Waals surface area contributed by atoms with Crippen molar-refractivity contribution >= 4 is 40.7 Å². The summed E-state index contributed by atoms with van der Waals surface area (Å²) in [5, 5.41) is 3.33. The number of hydrogen-bond donors (Lipinski definition) is 1. The number of halogens is 2. The van der Waals surface area contributed by atoms with E-state index in [1.165, 1.54) is 6.07 Å². The van der Waals surface area contributed by atoms with Gasteiger partial charge in [-0.05, 0) is 31.0 Å². The van der Waals surface area contributed by atoms with E-state index in [2.05, 4.69) is 5.32 Å². The van der Waals surface area contributed by atoms with E-state index in [0.717, 1.165) is 25.7 Å². The van der Waals surface area contributed by atoms with Crippen molar-refractivity contribution in [3.63, 3.8) is 0 Å². The maximum Gasteiger partial charge on any atom is 0.313 e. The molecule has 0 atom stereocenters. The minimum atomic E-state index is -0.670. The smallest absolute Gasteiger partial charge is 0.313 e. The second kappa shape index (κ2) is 6.95. The Morgan fingerprint density at radius 2 is 1.70 bits per heavy atom. The molecule has 0 bridgehead atoms. The van der Waals surface area contributed by atoms with Gasteiger partial charge < -0.3 is 10.2 Å². The van der Waals surface area contributed by atoms with Gasteiger partial charge in [-0.2, -0.15) is 0 Å². The molecule has 1 aliphatic rings. The van der Waals surface area contributed by atoms with Crippen molar-refractivity contribution in [2.24, 2.45) is 0 Å². The average Bonchev–Trinajstić information content (AvgIpc) is 2.71. The molecule has 0 aromatic heterocycles. The van der Waals surface area contributed by atoms with Crippen LogP contribution >= 0.6 is 23.2 Å². The quantitative estimate of drug-likeness (QED) is 0.808. The second-order valence-corrected chi connectivity index (χ2v) is 5.63. The molecule has 1 N–H and O–H groups in total. The summed E-state index contributed by atoms with van der Waals surface area (Å²) >= 11 is 11.8. The number of benzene rings is 1.